The van der Waals surface area contributed by atoms with Gasteiger partial charge in [0.05, 0.1) is 25.7 Å². The van der Waals surface area contributed by atoms with Gasteiger partial charge in [-0.2, -0.15) is 0 Å². The molecular formula is C14H24N2O5. The molecule has 1 saturated heterocycles. The van der Waals surface area contributed by atoms with Crippen LogP contribution in [0.4, 0.5) is 4.79 Å². The molecule has 0 spiro atoms. The lowest BCUT2D eigenvalue weighted by Crippen LogP contribution is -2.55. The van der Waals surface area contributed by atoms with Gasteiger partial charge in [0.25, 0.3) is 0 Å². The van der Waals surface area contributed by atoms with Gasteiger partial charge in [-0.15, -0.1) is 0 Å². The SMILES string of the molecule is CCOC(=O)NC1CC(C(=O)OC)CN(C(=O)C(C)C)C1. The Morgan fingerprint density at radius 2 is 1.95 bits per heavy atom. The van der Waals surface area contributed by atoms with E-state index < -0.39 is 12.0 Å². The average Bonchev–Trinajstić information content (AvgIpc) is 2.45. The first-order valence-corrected chi connectivity index (χ1v) is 7.18. The molecular weight excluding hydrogens is 276 g/mol. The molecule has 1 fully saturated rings. The number of carbonyl (C=O) groups excluding carboxylic acids is 3. The first-order valence-electron chi connectivity index (χ1n) is 7.18. The van der Waals surface area contributed by atoms with E-state index in [-0.39, 0.29) is 30.4 Å². The normalized spacial score (nSPS) is 21.9. The minimum absolute atomic E-state index is 0.0424. The standard InChI is InChI=1S/C14H24N2O5/c1-5-21-14(19)15-11-6-10(13(18)20-4)7-16(8-11)12(17)9(2)3/h9-11H,5-8H2,1-4H3,(H,15,19). The van der Waals surface area contributed by atoms with E-state index in [0.29, 0.717) is 19.5 Å². The van der Waals surface area contributed by atoms with Crippen LogP contribution in [0.1, 0.15) is 27.2 Å². The Morgan fingerprint density at radius 3 is 2.48 bits per heavy atom. The number of methoxy groups -OCH3 is 1. The molecule has 1 rings (SSSR count). The fourth-order valence-corrected chi connectivity index (χ4v) is 2.43. The van der Waals surface area contributed by atoms with E-state index >= 15 is 0 Å². The van der Waals surface area contributed by atoms with Crippen molar-refractivity contribution in [2.45, 2.75) is 33.2 Å². The van der Waals surface area contributed by atoms with E-state index in [9.17, 15) is 14.4 Å². The van der Waals surface area contributed by atoms with Crippen LogP contribution < -0.4 is 5.32 Å². The summed E-state index contributed by atoms with van der Waals surface area (Å²) in [6, 6.07) is -0.315. The van der Waals surface area contributed by atoms with Crippen LogP contribution in [-0.4, -0.2) is 55.7 Å². The monoisotopic (exact) mass is 300 g/mol. The second-order valence-electron chi connectivity index (χ2n) is 5.42. The summed E-state index contributed by atoms with van der Waals surface area (Å²) >= 11 is 0. The van der Waals surface area contributed by atoms with Crippen LogP contribution in [-0.2, 0) is 19.1 Å². The topological polar surface area (TPSA) is 84.9 Å². The highest BCUT2D eigenvalue weighted by atomic mass is 16.5. The zero-order chi connectivity index (χ0) is 16.0. The van der Waals surface area contributed by atoms with Crippen LogP contribution in [0, 0.1) is 11.8 Å². The van der Waals surface area contributed by atoms with Gasteiger partial charge in [0, 0.05) is 19.0 Å². The number of amides is 2. The van der Waals surface area contributed by atoms with Crippen molar-refractivity contribution in [2.24, 2.45) is 11.8 Å². The molecule has 21 heavy (non-hydrogen) atoms. The summed E-state index contributed by atoms with van der Waals surface area (Å²) < 4.78 is 9.60. The van der Waals surface area contributed by atoms with Crippen LogP contribution in [0.15, 0.2) is 0 Å². The molecule has 2 atom stereocenters. The summed E-state index contributed by atoms with van der Waals surface area (Å²) in [6.07, 6.45) is -0.0992. The summed E-state index contributed by atoms with van der Waals surface area (Å²) in [5, 5.41) is 2.69. The van der Waals surface area contributed by atoms with Crippen LogP contribution in [0.3, 0.4) is 0 Å². The number of rotatable bonds is 4. The number of alkyl carbamates (subject to hydrolysis) is 1. The number of likely N-dealkylation sites (tertiary alicyclic amines) is 1. The predicted octanol–water partition coefficient (Wildman–Crippen LogP) is 0.779. The molecule has 2 amide bonds. The summed E-state index contributed by atoms with van der Waals surface area (Å²) in [7, 11) is 1.32. The molecule has 0 saturated carbocycles. The van der Waals surface area contributed by atoms with Gasteiger partial charge in [-0.3, -0.25) is 9.59 Å². The first-order chi connectivity index (χ1) is 9.88. The van der Waals surface area contributed by atoms with Crippen molar-refractivity contribution in [2.75, 3.05) is 26.8 Å². The molecule has 0 aliphatic carbocycles. The molecule has 1 aliphatic heterocycles. The van der Waals surface area contributed by atoms with Gasteiger partial charge < -0.3 is 19.7 Å². The molecule has 2 unspecified atom stereocenters. The Kier molecular flexibility index (Phi) is 6.45. The van der Waals surface area contributed by atoms with Gasteiger partial charge >= 0.3 is 12.1 Å². The summed E-state index contributed by atoms with van der Waals surface area (Å²) in [5.41, 5.74) is 0. The van der Waals surface area contributed by atoms with Gasteiger partial charge in [-0.25, -0.2) is 4.79 Å². The maximum absolute atomic E-state index is 12.1. The summed E-state index contributed by atoms with van der Waals surface area (Å²) in [4.78, 5) is 37.0. The predicted molar refractivity (Wildman–Crippen MR) is 75.5 cm³/mol. The fourth-order valence-electron chi connectivity index (χ4n) is 2.43. The highest BCUT2D eigenvalue weighted by molar-refractivity contribution is 5.80. The molecule has 7 heteroatoms. The van der Waals surface area contributed by atoms with E-state index in [1.54, 1.807) is 25.7 Å². The Bertz CT molecular complexity index is 397. The lowest BCUT2D eigenvalue weighted by atomic mass is 9.93. The Hall–Kier alpha value is -1.79. The van der Waals surface area contributed by atoms with Gasteiger partial charge in [-0.1, -0.05) is 13.8 Å². The Balaban J connectivity index is 2.77. The number of ether oxygens (including phenoxy) is 2. The third-order valence-electron chi connectivity index (χ3n) is 3.39. The highest BCUT2D eigenvalue weighted by Gasteiger charge is 2.35. The summed E-state index contributed by atoms with van der Waals surface area (Å²) in [6.45, 7) is 6.30. The van der Waals surface area contributed by atoms with Gasteiger partial charge in [0.15, 0.2) is 0 Å². The molecule has 0 radical (unpaired) electrons. The van der Waals surface area contributed by atoms with Crippen molar-refractivity contribution in [1.29, 1.82) is 0 Å². The number of nitrogens with zero attached hydrogens (tertiary/aromatic N) is 1. The Labute approximate surface area is 124 Å². The third kappa shape index (κ3) is 4.91. The Morgan fingerprint density at radius 1 is 1.29 bits per heavy atom. The maximum Gasteiger partial charge on any atom is 0.407 e. The highest BCUT2D eigenvalue weighted by Crippen LogP contribution is 2.20. The minimum Gasteiger partial charge on any atom is -0.469 e. The second kappa shape index (κ2) is 7.85. The van der Waals surface area contributed by atoms with Gasteiger partial charge in [-0.05, 0) is 13.3 Å². The number of nitrogens with one attached hydrogen (secondary N) is 1. The molecule has 0 aromatic carbocycles. The maximum atomic E-state index is 12.1. The first kappa shape index (κ1) is 17.3. The average molecular weight is 300 g/mol. The molecule has 0 bridgehead atoms. The third-order valence-corrected chi connectivity index (χ3v) is 3.39. The molecule has 1 aliphatic rings. The lowest BCUT2D eigenvalue weighted by molar-refractivity contribution is -0.150. The van der Waals surface area contributed by atoms with E-state index in [2.05, 4.69) is 5.32 Å². The van der Waals surface area contributed by atoms with Crippen molar-refractivity contribution < 1.29 is 23.9 Å². The van der Waals surface area contributed by atoms with Crippen molar-refractivity contribution in [3.05, 3.63) is 0 Å². The minimum atomic E-state index is -0.537. The molecule has 1 heterocycles. The van der Waals surface area contributed by atoms with Crippen molar-refractivity contribution in [1.82, 2.24) is 10.2 Å². The zero-order valence-corrected chi connectivity index (χ0v) is 13.0. The van der Waals surface area contributed by atoms with Crippen LogP contribution >= 0.6 is 0 Å². The summed E-state index contributed by atoms with van der Waals surface area (Å²) in [5.74, 6) is -1.01. The molecule has 0 aromatic heterocycles. The van der Waals surface area contributed by atoms with E-state index in [1.165, 1.54) is 7.11 Å². The quantitative estimate of drug-likeness (QED) is 0.775. The lowest BCUT2D eigenvalue weighted by Gasteiger charge is -2.37. The number of hydrogen-bond acceptors (Lipinski definition) is 5. The smallest absolute Gasteiger partial charge is 0.407 e. The van der Waals surface area contributed by atoms with Gasteiger partial charge in [0.2, 0.25) is 5.91 Å². The van der Waals surface area contributed by atoms with Crippen LogP contribution in [0.5, 0.6) is 0 Å². The number of hydrogen-bond donors (Lipinski definition) is 1. The van der Waals surface area contributed by atoms with E-state index in [1.807, 2.05) is 0 Å². The van der Waals surface area contributed by atoms with E-state index in [0.717, 1.165) is 0 Å². The molecule has 120 valence electrons. The molecule has 7 nitrogen and oxygen atoms in total. The van der Waals surface area contributed by atoms with E-state index in [4.69, 9.17) is 9.47 Å². The largest absolute Gasteiger partial charge is 0.469 e. The number of piperidine rings is 1. The molecule has 0 aromatic rings. The van der Waals surface area contributed by atoms with Crippen molar-refractivity contribution in [3.8, 4) is 0 Å². The fraction of sp³-hybridized carbons (Fsp3) is 0.786. The van der Waals surface area contributed by atoms with Crippen LogP contribution in [0.25, 0.3) is 0 Å². The van der Waals surface area contributed by atoms with Crippen molar-refractivity contribution in [3.63, 3.8) is 0 Å². The van der Waals surface area contributed by atoms with Crippen LogP contribution in [0.2, 0.25) is 0 Å². The van der Waals surface area contributed by atoms with Crippen molar-refractivity contribution >= 4 is 18.0 Å². The second-order valence-corrected chi connectivity index (χ2v) is 5.42. The van der Waals surface area contributed by atoms with Gasteiger partial charge in [0.1, 0.15) is 0 Å². The molecule has 1 N–H and O–H groups in total. The number of esters is 1. The number of carbonyl (C=O) groups is 3. The zero-order valence-electron chi connectivity index (χ0n) is 13.0.